The molecule has 0 unspecified atom stereocenters. The third-order valence-corrected chi connectivity index (χ3v) is 6.91. The molecule has 2 aliphatic heterocycles. The first-order valence-electron chi connectivity index (χ1n) is 13.4. The van der Waals surface area contributed by atoms with Crippen LogP contribution in [0.5, 0.6) is 0 Å². The van der Waals surface area contributed by atoms with Gasteiger partial charge in [-0.05, 0) is 72.9 Å². The number of esters is 1. The lowest BCUT2D eigenvalue weighted by Crippen LogP contribution is -2.48. The number of aryl methyl sites for hydroxylation is 1. The smallest absolute Gasteiger partial charge is 0.415 e. The molecule has 0 aliphatic carbocycles. The van der Waals surface area contributed by atoms with Crippen molar-refractivity contribution in [2.45, 2.75) is 64.8 Å². The minimum Gasteiger partial charge on any atom is -0.460 e. The van der Waals surface area contributed by atoms with Crippen molar-refractivity contribution >= 4 is 23.8 Å². The molecule has 13 nitrogen and oxygen atoms in total. The number of nitrogens with zero attached hydrogens (tertiary/aromatic N) is 6. The molecule has 0 bridgehead atoms. The number of amides is 2. The van der Waals surface area contributed by atoms with Crippen molar-refractivity contribution in [3.05, 3.63) is 42.1 Å². The number of tetrazole rings is 1. The zero-order valence-electron chi connectivity index (χ0n) is 23.8. The van der Waals surface area contributed by atoms with Crippen LogP contribution in [0.1, 0.15) is 40.2 Å². The number of anilines is 1. The van der Waals surface area contributed by atoms with E-state index in [1.807, 2.05) is 30.3 Å². The summed E-state index contributed by atoms with van der Waals surface area (Å²) in [6, 6.07) is 8.42. The number of rotatable bonds is 7. The van der Waals surface area contributed by atoms with E-state index in [0.717, 1.165) is 22.4 Å². The lowest BCUT2D eigenvalue weighted by Gasteiger charge is -2.25. The largest absolute Gasteiger partial charge is 0.460 e. The molecule has 2 aliphatic rings. The van der Waals surface area contributed by atoms with Gasteiger partial charge in [0, 0.05) is 18.8 Å². The SMILES string of the molecule is CC(C)[C@H](NC(=O)OC(C)(C)C)C(=O)OC[C@@H]1OC(=O)N2c3ccc(-c4ccc(-c5nnnn5C)nc4)cc3C[C@@H]12. The van der Waals surface area contributed by atoms with Crippen molar-refractivity contribution < 1.29 is 28.6 Å². The molecule has 2 amide bonds. The van der Waals surface area contributed by atoms with Crippen LogP contribution in [-0.4, -0.2) is 73.7 Å². The molecular weight excluding hydrogens is 530 g/mol. The molecule has 216 valence electrons. The number of aromatic nitrogens is 5. The van der Waals surface area contributed by atoms with Crippen LogP contribution in [0.4, 0.5) is 15.3 Å². The maximum Gasteiger partial charge on any atom is 0.415 e. The van der Waals surface area contributed by atoms with Crippen LogP contribution in [0.3, 0.4) is 0 Å². The van der Waals surface area contributed by atoms with E-state index < -0.39 is 35.9 Å². The van der Waals surface area contributed by atoms with Gasteiger partial charge in [0.25, 0.3) is 0 Å². The lowest BCUT2D eigenvalue weighted by molar-refractivity contribution is -0.150. The summed E-state index contributed by atoms with van der Waals surface area (Å²) in [4.78, 5) is 44.0. The number of hydrogen-bond donors (Lipinski definition) is 1. The molecule has 1 N–H and O–H groups in total. The van der Waals surface area contributed by atoms with E-state index >= 15 is 0 Å². The van der Waals surface area contributed by atoms with Crippen molar-refractivity contribution in [3.63, 3.8) is 0 Å². The molecule has 1 fully saturated rings. The minimum absolute atomic E-state index is 0.131. The Kier molecular flexibility index (Phi) is 7.37. The zero-order valence-corrected chi connectivity index (χ0v) is 23.8. The van der Waals surface area contributed by atoms with E-state index in [4.69, 9.17) is 14.2 Å². The van der Waals surface area contributed by atoms with E-state index in [1.165, 1.54) is 0 Å². The summed E-state index contributed by atoms with van der Waals surface area (Å²) in [5.74, 6) is -0.296. The highest BCUT2D eigenvalue weighted by atomic mass is 16.6. The number of pyridine rings is 1. The van der Waals surface area contributed by atoms with Crippen LogP contribution in [0.2, 0.25) is 0 Å². The fourth-order valence-electron chi connectivity index (χ4n) is 4.93. The fourth-order valence-corrected chi connectivity index (χ4v) is 4.93. The monoisotopic (exact) mass is 563 g/mol. The third kappa shape index (κ3) is 5.83. The first kappa shape index (κ1) is 28.0. The topological polar surface area (TPSA) is 151 Å². The van der Waals surface area contributed by atoms with E-state index in [0.29, 0.717) is 17.9 Å². The second-order valence-electron chi connectivity index (χ2n) is 11.5. The number of hydrogen-bond acceptors (Lipinski definition) is 10. The van der Waals surface area contributed by atoms with Crippen molar-refractivity contribution in [3.8, 4) is 22.6 Å². The molecular formula is C28H33N7O6. The van der Waals surface area contributed by atoms with Crippen LogP contribution in [-0.2, 0) is 32.5 Å². The fraction of sp³-hybridized carbons (Fsp3) is 0.464. The molecule has 2 aromatic heterocycles. The van der Waals surface area contributed by atoms with Crippen LogP contribution in [0.25, 0.3) is 22.6 Å². The van der Waals surface area contributed by atoms with Crippen LogP contribution in [0, 0.1) is 5.92 Å². The first-order valence-corrected chi connectivity index (χ1v) is 13.4. The third-order valence-electron chi connectivity index (χ3n) is 6.91. The standard InChI is InChI=1S/C28H33N7O6/c1-15(2)23(30-26(37)41-28(3,4)5)25(36)39-14-22-21-12-18-11-16(8-10-20(18)35(21)27(38)40-22)17-7-9-19(29-13-17)24-31-32-33-34(24)6/h7-11,13,15,21-23H,12,14H2,1-6H3,(H,30,37)/t21-,22-,23-/m0/s1. The summed E-state index contributed by atoms with van der Waals surface area (Å²) in [5, 5.41) is 14.1. The molecule has 0 radical (unpaired) electrons. The van der Waals surface area contributed by atoms with Gasteiger partial charge < -0.3 is 19.5 Å². The first-order chi connectivity index (χ1) is 19.4. The Hall–Kier alpha value is -4.55. The van der Waals surface area contributed by atoms with Gasteiger partial charge in [-0.1, -0.05) is 26.0 Å². The van der Waals surface area contributed by atoms with Crippen molar-refractivity contribution in [1.29, 1.82) is 0 Å². The van der Waals surface area contributed by atoms with Crippen molar-refractivity contribution in [1.82, 2.24) is 30.5 Å². The van der Waals surface area contributed by atoms with E-state index in [2.05, 4.69) is 25.8 Å². The number of carbonyl (C=O) groups is 3. The number of nitrogens with one attached hydrogen (secondary N) is 1. The average molecular weight is 564 g/mol. The van der Waals surface area contributed by atoms with Gasteiger partial charge in [-0.25, -0.2) is 19.1 Å². The lowest BCUT2D eigenvalue weighted by atomic mass is 10.0. The number of alkyl carbamates (subject to hydrolysis) is 1. The minimum atomic E-state index is -0.911. The molecule has 5 rings (SSSR count). The summed E-state index contributed by atoms with van der Waals surface area (Å²) in [5.41, 5.74) is 3.55. The second-order valence-corrected chi connectivity index (χ2v) is 11.5. The molecule has 1 saturated heterocycles. The maximum atomic E-state index is 12.9. The maximum absolute atomic E-state index is 12.9. The Morgan fingerprint density at radius 2 is 1.93 bits per heavy atom. The summed E-state index contributed by atoms with van der Waals surface area (Å²) >= 11 is 0. The Bertz CT molecular complexity index is 1460. The number of carbonyl (C=O) groups excluding carboxylic acids is 3. The van der Waals surface area contributed by atoms with Gasteiger partial charge in [-0.2, -0.15) is 0 Å². The quantitative estimate of drug-likeness (QED) is 0.335. The number of fused-ring (bicyclic) bond motifs is 3. The number of ether oxygens (including phenoxy) is 3. The van der Waals surface area contributed by atoms with Gasteiger partial charge in [-0.15, -0.1) is 5.10 Å². The van der Waals surface area contributed by atoms with Crippen LogP contribution in [0.15, 0.2) is 36.5 Å². The molecule has 13 heteroatoms. The molecule has 0 spiro atoms. The van der Waals surface area contributed by atoms with Crippen molar-refractivity contribution in [2.24, 2.45) is 13.0 Å². The highest BCUT2D eigenvalue weighted by molar-refractivity contribution is 5.94. The molecule has 41 heavy (non-hydrogen) atoms. The molecule has 0 saturated carbocycles. The van der Waals surface area contributed by atoms with Gasteiger partial charge >= 0.3 is 18.2 Å². The zero-order chi connectivity index (χ0) is 29.5. The van der Waals surface area contributed by atoms with Gasteiger partial charge in [-0.3, -0.25) is 9.88 Å². The summed E-state index contributed by atoms with van der Waals surface area (Å²) in [6.07, 6.45) is 0.450. The molecule has 3 atom stereocenters. The van der Waals surface area contributed by atoms with Gasteiger partial charge in [0.1, 0.15) is 23.9 Å². The normalized spacial score (nSPS) is 18.5. The van der Waals surface area contributed by atoms with Gasteiger partial charge in [0.2, 0.25) is 0 Å². The van der Waals surface area contributed by atoms with E-state index in [-0.39, 0.29) is 18.6 Å². The Morgan fingerprint density at radius 3 is 2.56 bits per heavy atom. The number of benzene rings is 1. The number of cyclic esters (lactones) is 1. The highest BCUT2D eigenvalue weighted by Crippen LogP contribution is 2.40. The predicted octanol–water partition coefficient (Wildman–Crippen LogP) is 3.28. The van der Waals surface area contributed by atoms with Crippen LogP contribution < -0.4 is 10.2 Å². The van der Waals surface area contributed by atoms with E-state index in [9.17, 15) is 14.4 Å². The summed E-state index contributed by atoms with van der Waals surface area (Å²) < 4.78 is 17.9. The molecule has 4 heterocycles. The van der Waals surface area contributed by atoms with Crippen LogP contribution >= 0.6 is 0 Å². The summed E-state index contributed by atoms with van der Waals surface area (Å²) in [7, 11) is 1.75. The summed E-state index contributed by atoms with van der Waals surface area (Å²) in [6.45, 7) is 8.68. The Labute approximate surface area is 237 Å². The van der Waals surface area contributed by atoms with Crippen molar-refractivity contribution in [2.75, 3.05) is 11.5 Å². The average Bonchev–Trinajstić information content (AvgIpc) is 3.59. The molecule has 1 aromatic carbocycles. The highest BCUT2D eigenvalue weighted by Gasteiger charge is 2.48. The van der Waals surface area contributed by atoms with E-state index in [1.54, 1.807) is 57.4 Å². The second kappa shape index (κ2) is 10.8. The molecule has 3 aromatic rings. The van der Waals surface area contributed by atoms with Gasteiger partial charge in [0.05, 0.1) is 11.7 Å². The Balaban J connectivity index is 1.24. The van der Waals surface area contributed by atoms with Gasteiger partial charge in [0.15, 0.2) is 11.9 Å². The Morgan fingerprint density at radius 1 is 1.17 bits per heavy atom. The predicted molar refractivity (Wildman–Crippen MR) is 147 cm³/mol.